The van der Waals surface area contributed by atoms with E-state index >= 15 is 0 Å². The molecule has 8 heteroatoms. The van der Waals surface area contributed by atoms with Gasteiger partial charge >= 0.3 is 0 Å². The average molecular weight is 433 g/mol. The number of rotatable bonds is 8. The number of anilines is 1. The van der Waals surface area contributed by atoms with Crippen molar-refractivity contribution in [1.29, 1.82) is 0 Å². The number of para-hydroxylation sites is 1. The maximum absolute atomic E-state index is 12.7. The molecule has 0 aliphatic carbocycles. The molecule has 1 aliphatic rings. The van der Waals surface area contributed by atoms with E-state index in [4.69, 9.17) is 4.74 Å². The molecule has 162 valence electrons. The van der Waals surface area contributed by atoms with Crippen LogP contribution in [0.5, 0.6) is 11.5 Å². The molecule has 0 radical (unpaired) electrons. The number of carbonyl (C=O) groups excluding carboxylic acids is 1. The van der Waals surface area contributed by atoms with Gasteiger partial charge in [-0.05, 0) is 55.0 Å². The number of amides is 1. The zero-order chi connectivity index (χ0) is 21.7. The fourth-order valence-electron chi connectivity index (χ4n) is 3.42. The lowest BCUT2D eigenvalue weighted by molar-refractivity contribution is -0.118. The highest BCUT2D eigenvalue weighted by atomic mass is 32.2. The molecule has 2 N–H and O–H groups in total. The van der Waals surface area contributed by atoms with Gasteiger partial charge in [0.25, 0.3) is 5.91 Å². The summed E-state index contributed by atoms with van der Waals surface area (Å²) in [4.78, 5) is 12.4. The topological polar surface area (TPSA) is 95.9 Å². The van der Waals surface area contributed by atoms with Crippen molar-refractivity contribution in [3.05, 3.63) is 48.0 Å². The van der Waals surface area contributed by atoms with E-state index in [-0.39, 0.29) is 22.9 Å². The minimum absolute atomic E-state index is 0.0408. The zero-order valence-corrected chi connectivity index (χ0v) is 18.1. The fraction of sp³-hybridized carbons (Fsp3) is 0.409. The van der Waals surface area contributed by atoms with Crippen LogP contribution < -0.4 is 10.1 Å². The standard InChI is InChI=1S/C22H28N2O5S/c1-3-16(2)18-8-4-5-9-21(18)29-15-22(26)23-19-14-17(10-11-20(19)25)30(27,28)24-12-6-7-13-24/h4-5,8-11,14,16,25H,3,6-7,12-13,15H2,1-2H3,(H,23,26). The van der Waals surface area contributed by atoms with E-state index in [1.165, 1.54) is 22.5 Å². The summed E-state index contributed by atoms with van der Waals surface area (Å²) in [6, 6.07) is 11.5. The van der Waals surface area contributed by atoms with Crippen LogP contribution in [0.25, 0.3) is 0 Å². The third-order valence-electron chi connectivity index (χ3n) is 5.37. The summed E-state index contributed by atoms with van der Waals surface area (Å²) in [5, 5.41) is 12.6. The molecule has 0 bridgehead atoms. The van der Waals surface area contributed by atoms with E-state index in [1.807, 2.05) is 24.3 Å². The van der Waals surface area contributed by atoms with E-state index in [0.29, 0.717) is 24.8 Å². The number of benzene rings is 2. The van der Waals surface area contributed by atoms with Gasteiger partial charge in [-0.1, -0.05) is 32.0 Å². The molecule has 1 aliphatic heterocycles. The molecule has 0 saturated carbocycles. The molecule has 7 nitrogen and oxygen atoms in total. The molecule has 3 rings (SSSR count). The first-order valence-electron chi connectivity index (χ1n) is 10.2. The van der Waals surface area contributed by atoms with Crippen LogP contribution in [0, 0.1) is 0 Å². The Morgan fingerprint density at radius 2 is 1.90 bits per heavy atom. The normalized spacial score (nSPS) is 15.7. The lowest BCUT2D eigenvalue weighted by atomic mass is 9.98. The smallest absolute Gasteiger partial charge is 0.262 e. The zero-order valence-electron chi connectivity index (χ0n) is 17.3. The van der Waals surface area contributed by atoms with Crippen molar-refractivity contribution in [2.45, 2.75) is 43.9 Å². The monoisotopic (exact) mass is 432 g/mol. The fourth-order valence-corrected chi connectivity index (χ4v) is 4.97. The van der Waals surface area contributed by atoms with E-state index < -0.39 is 15.9 Å². The highest BCUT2D eigenvalue weighted by Gasteiger charge is 2.28. The number of aromatic hydroxyl groups is 1. The first-order valence-corrected chi connectivity index (χ1v) is 11.6. The predicted octanol–water partition coefficient (Wildman–Crippen LogP) is 3.71. The highest BCUT2D eigenvalue weighted by Crippen LogP contribution is 2.30. The van der Waals surface area contributed by atoms with Crippen LogP contribution in [0.1, 0.15) is 44.6 Å². The Balaban J connectivity index is 1.70. The van der Waals surface area contributed by atoms with Gasteiger partial charge in [0, 0.05) is 13.1 Å². The number of hydrogen-bond donors (Lipinski definition) is 2. The minimum atomic E-state index is -3.65. The van der Waals surface area contributed by atoms with Gasteiger partial charge < -0.3 is 15.2 Å². The molecule has 1 fully saturated rings. The summed E-state index contributed by atoms with van der Waals surface area (Å²) in [5.74, 6) is 0.237. The third-order valence-corrected chi connectivity index (χ3v) is 7.26. The van der Waals surface area contributed by atoms with Gasteiger partial charge in [0.05, 0.1) is 10.6 Å². The number of hydrogen-bond acceptors (Lipinski definition) is 5. The second-order valence-electron chi connectivity index (χ2n) is 7.47. The maximum Gasteiger partial charge on any atom is 0.262 e. The number of nitrogens with one attached hydrogen (secondary N) is 1. The SMILES string of the molecule is CCC(C)c1ccccc1OCC(=O)Nc1cc(S(=O)(=O)N2CCCC2)ccc1O. The average Bonchev–Trinajstić information content (AvgIpc) is 3.29. The summed E-state index contributed by atoms with van der Waals surface area (Å²) >= 11 is 0. The Morgan fingerprint density at radius 1 is 1.20 bits per heavy atom. The number of ether oxygens (including phenoxy) is 1. The number of nitrogens with zero attached hydrogens (tertiary/aromatic N) is 1. The van der Waals surface area contributed by atoms with Gasteiger partial charge in [0.15, 0.2) is 6.61 Å². The lowest BCUT2D eigenvalue weighted by Crippen LogP contribution is -2.28. The number of phenols is 1. The first kappa shape index (κ1) is 22.1. The van der Waals surface area contributed by atoms with Gasteiger partial charge in [-0.15, -0.1) is 0 Å². The molecular weight excluding hydrogens is 404 g/mol. The summed E-state index contributed by atoms with van der Waals surface area (Å²) < 4.78 is 32.6. The Labute approximate surface area is 177 Å². The molecule has 1 heterocycles. The molecule has 1 saturated heterocycles. The predicted molar refractivity (Wildman–Crippen MR) is 115 cm³/mol. The summed E-state index contributed by atoms with van der Waals surface area (Å²) in [6.45, 7) is 4.88. The van der Waals surface area contributed by atoms with E-state index in [1.54, 1.807) is 0 Å². The molecule has 1 atom stereocenters. The van der Waals surface area contributed by atoms with Crippen molar-refractivity contribution in [3.63, 3.8) is 0 Å². The Bertz CT molecular complexity index is 1000. The Hall–Kier alpha value is -2.58. The molecule has 2 aromatic rings. The summed E-state index contributed by atoms with van der Waals surface area (Å²) in [6.07, 6.45) is 2.60. The van der Waals surface area contributed by atoms with Crippen LogP contribution in [-0.4, -0.2) is 43.4 Å². The largest absolute Gasteiger partial charge is 0.506 e. The minimum Gasteiger partial charge on any atom is -0.506 e. The van der Waals surface area contributed by atoms with E-state index in [0.717, 1.165) is 24.8 Å². The summed E-state index contributed by atoms with van der Waals surface area (Å²) in [5.41, 5.74) is 1.06. The van der Waals surface area contributed by atoms with Gasteiger partial charge in [-0.3, -0.25) is 4.79 Å². The van der Waals surface area contributed by atoms with Crippen molar-refractivity contribution in [2.75, 3.05) is 25.0 Å². The van der Waals surface area contributed by atoms with E-state index in [2.05, 4.69) is 19.2 Å². The van der Waals surface area contributed by atoms with Crippen molar-refractivity contribution in [2.24, 2.45) is 0 Å². The van der Waals surface area contributed by atoms with Crippen molar-refractivity contribution >= 4 is 21.6 Å². The Kier molecular flexibility index (Phi) is 6.99. The molecule has 2 aromatic carbocycles. The second kappa shape index (κ2) is 9.49. The van der Waals surface area contributed by atoms with Crippen LogP contribution in [0.15, 0.2) is 47.4 Å². The second-order valence-corrected chi connectivity index (χ2v) is 9.41. The van der Waals surface area contributed by atoms with E-state index in [9.17, 15) is 18.3 Å². The Morgan fingerprint density at radius 3 is 2.60 bits per heavy atom. The van der Waals surface area contributed by atoms with Gasteiger partial charge in [-0.2, -0.15) is 4.31 Å². The molecular formula is C22H28N2O5S. The van der Waals surface area contributed by atoms with Crippen LogP contribution in [0.3, 0.4) is 0 Å². The first-order chi connectivity index (χ1) is 14.3. The van der Waals surface area contributed by atoms with Crippen molar-refractivity contribution in [3.8, 4) is 11.5 Å². The number of sulfonamides is 1. The van der Waals surface area contributed by atoms with Crippen LogP contribution >= 0.6 is 0 Å². The number of carbonyl (C=O) groups is 1. The van der Waals surface area contributed by atoms with Gasteiger partial charge in [0.1, 0.15) is 11.5 Å². The van der Waals surface area contributed by atoms with Gasteiger partial charge in [0.2, 0.25) is 10.0 Å². The molecule has 0 aromatic heterocycles. The van der Waals surface area contributed by atoms with Gasteiger partial charge in [-0.25, -0.2) is 8.42 Å². The lowest BCUT2D eigenvalue weighted by Gasteiger charge is -2.17. The molecule has 1 unspecified atom stereocenters. The van der Waals surface area contributed by atoms with Crippen molar-refractivity contribution < 1.29 is 23.1 Å². The molecule has 30 heavy (non-hydrogen) atoms. The molecule has 0 spiro atoms. The maximum atomic E-state index is 12.7. The van der Waals surface area contributed by atoms with Crippen molar-refractivity contribution in [1.82, 2.24) is 4.31 Å². The third kappa shape index (κ3) is 4.94. The van der Waals surface area contributed by atoms with Crippen LogP contribution in [0.2, 0.25) is 0 Å². The quantitative estimate of drug-likeness (QED) is 0.620. The molecule has 1 amide bonds. The summed E-state index contributed by atoms with van der Waals surface area (Å²) in [7, 11) is -3.65. The van der Waals surface area contributed by atoms with Crippen LogP contribution in [0.4, 0.5) is 5.69 Å². The highest BCUT2D eigenvalue weighted by molar-refractivity contribution is 7.89. The number of phenolic OH excluding ortho intramolecular Hbond substituents is 1. The van der Waals surface area contributed by atoms with Crippen LogP contribution in [-0.2, 0) is 14.8 Å².